The first-order valence-electron chi connectivity index (χ1n) is 10.1. The van der Waals surface area contributed by atoms with Crippen LogP contribution in [0, 0.1) is 33.3 Å². The van der Waals surface area contributed by atoms with E-state index in [1.807, 2.05) is 0 Å². The summed E-state index contributed by atoms with van der Waals surface area (Å²) in [6, 6.07) is 5.22. The van der Waals surface area contributed by atoms with Crippen LogP contribution in [0.5, 0.6) is 0 Å². The van der Waals surface area contributed by atoms with E-state index in [1.54, 1.807) is 0 Å². The van der Waals surface area contributed by atoms with Gasteiger partial charge in [-0.2, -0.15) is 0 Å². The summed E-state index contributed by atoms with van der Waals surface area (Å²) in [6.45, 7) is 1.75. The van der Waals surface area contributed by atoms with Crippen molar-refractivity contribution < 1.29 is 19.2 Å². The Balaban J connectivity index is 1.29. The second kappa shape index (κ2) is 7.18. The van der Waals surface area contributed by atoms with E-state index in [9.17, 15) is 19.7 Å². The molecule has 0 unspecified atom stereocenters. The van der Waals surface area contributed by atoms with E-state index < -0.39 is 10.9 Å². The summed E-state index contributed by atoms with van der Waals surface area (Å²) in [5, 5.41) is 13.7. The third kappa shape index (κ3) is 3.62. The van der Waals surface area contributed by atoms with Gasteiger partial charge < -0.3 is 10.1 Å². The minimum absolute atomic E-state index is 0.0754. The zero-order chi connectivity index (χ0) is 19.9. The number of benzene rings is 1. The zero-order valence-electron chi connectivity index (χ0n) is 16.1. The third-order valence-electron chi connectivity index (χ3n) is 7.03. The molecular formula is C21H26N2O5. The molecule has 1 atom stereocenters. The lowest BCUT2D eigenvalue weighted by molar-refractivity contribution is -0.384. The van der Waals surface area contributed by atoms with Crippen molar-refractivity contribution >= 4 is 17.6 Å². The molecule has 7 nitrogen and oxygen atoms in total. The first kappa shape index (κ1) is 18.9. The van der Waals surface area contributed by atoms with Gasteiger partial charge in [-0.1, -0.05) is 0 Å². The lowest BCUT2D eigenvalue weighted by Crippen LogP contribution is -2.56. The van der Waals surface area contributed by atoms with Gasteiger partial charge in [-0.3, -0.25) is 14.9 Å². The van der Waals surface area contributed by atoms with Crippen molar-refractivity contribution in [2.45, 2.75) is 51.5 Å². The molecule has 0 spiro atoms. The number of nitro groups is 1. The number of non-ortho nitro benzene ring substituents is 1. The molecule has 7 heteroatoms. The number of carbonyl (C=O) groups is 2. The Hall–Kier alpha value is -2.44. The summed E-state index contributed by atoms with van der Waals surface area (Å²) in [5.74, 6) is 1.48. The van der Waals surface area contributed by atoms with Gasteiger partial charge in [-0.05, 0) is 80.8 Å². The molecule has 4 bridgehead atoms. The van der Waals surface area contributed by atoms with Crippen molar-refractivity contribution in [2.75, 3.05) is 6.61 Å². The minimum atomic E-state index is -0.660. The number of nitro benzene ring substituents is 1. The van der Waals surface area contributed by atoms with Crippen LogP contribution in [-0.4, -0.2) is 29.4 Å². The van der Waals surface area contributed by atoms with Crippen LogP contribution in [0.4, 0.5) is 5.69 Å². The summed E-state index contributed by atoms with van der Waals surface area (Å²) in [5.41, 5.74) is 0.290. The molecule has 1 N–H and O–H groups in total. The molecule has 1 amide bonds. The topological polar surface area (TPSA) is 98.5 Å². The second-order valence-corrected chi connectivity index (χ2v) is 8.95. The molecule has 4 aliphatic rings. The van der Waals surface area contributed by atoms with Gasteiger partial charge in [0.05, 0.1) is 10.5 Å². The van der Waals surface area contributed by atoms with Crippen molar-refractivity contribution in [3.63, 3.8) is 0 Å². The quantitative estimate of drug-likeness (QED) is 0.458. The minimum Gasteiger partial charge on any atom is -0.452 e. The van der Waals surface area contributed by atoms with Gasteiger partial charge >= 0.3 is 5.97 Å². The molecule has 1 aromatic carbocycles. The van der Waals surface area contributed by atoms with E-state index in [2.05, 4.69) is 12.2 Å². The normalized spacial score (nSPS) is 31.2. The van der Waals surface area contributed by atoms with Gasteiger partial charge in [-0.15, -0.1) is 0 Å². The van der Waals surface area contributed by atoms with Crippen molar-refractivity contribution in [1.82, 2.24) is 5.32 Å². The summed E-state index contributed by atoms with van der Waals surface area (Å²) in [4.78, 5) is 34.5. The van der Waals surface area contributed by atoms with Crippen LogP contribution in [-0.2, 0) is 9.53 Å². The Morgan fingerprint density at radius 1 is 1.14 bits per heavy atom. The van der Waals surface area contributed by atoms with Crippen molar-refractivity contribution in [3.05, 3.63) is 39.9 Å². The fraction of sp³-hybridized carbons (Fsp3) is 0.619. The van der Waals surface area contributed by atoms with Gasteiger partial charge in [0.2, 0.25) is 0 Å². The van der Waals surface area contributed by atoms with Gasteiger partial charge in [0.25, 0.3) is 11.6 Å². The monoisotopic (exact) mass is 386 g/mol. The van der Waals surface area contributed by atoms with Crippen molar-refractivity contribution in [3.8, 4) is 0 Å². The highest BCUT2D eigenvalue weighted by Gasteiger charge is 2.53. The number of nitrogens with one attached hydrogen (secondary N) is 1. The van der Waals surface area contributed by atoms with Crippen LogP contribution in [0.25, 0.3) is 0 Å². The molecule has 0 radical (unpaired) electrons. The highest BCUT2D eigenvalue weighted by atomic mass is 16.6. The number of rotatable bonds is 6. The number of nitrogens with zero attached hydrogens (tertiary/aromatic N) is 1. The Kier molecular flexibility index (Phi) is 4.85. The molecule has 0 aromatic heterocycles. The highest BCUT2D eigenvalue weighted by molar-refractivity contribution is 5.91. The summed E-state index contributed by atoms with van der Waals surface area (Å²) >= 11 is 0. The first-order chi connectivity index (χ1) is 13.3. The zero-order valence-corrected chi connectivity index (χ0v) is 16.1. The molecule has 4 aliphatic carbocycles. The van der Waals surface area contributed by atoms with E-state index >= 15 is 0 Å². The maximum atomic E-state index is 12.3. The molecule has 5 rings (SSSR count). The molecule has 150 valence electrons. The standard InChI is InChI=1S/C21H26N2O5/c1-13(21-9-14-6-15(10-21)8-16(7-14)11-21)22-19(24)12-28-20(25)17-2-4-18(5-3-17)23(26)27/h2-5,13-16H,6-12H2,1H3,(H,22,24)/t13-,14?,15?,16?,21?/m1/s1. The molecule has 0 saturated heterocycles. The van der Waals surface area contributed by atoms with E-state index in [4.69, 9.17) is 4.74 Å². The maximum absolute atomic E-state index is 12.3. The smallest absolute Gasteiger partial charge is 0.338 e. The number of hydrogen-bond acceptors (Lipinski definition) is 5. The van der Waals surface area contributed by atoms with Crippen LogP contribution in [0.15, 0.2) is 24.3 Å². The number of ether oxygens (including phenoxy) is 1. The van der Waals surface area contributed by atoms with Crippen LogP contribution in [0.3, 0.4) is 0 Å². The Labute approximate surface area is 164 Å². The van der Waals surface area contributed by atoms with Gasteiger partial charge in [0, 0.05) is 18.2 Å². The summed E-state index contributed by atoms with van der Waals surface area (Å²) < 4.78 is 5.09. The average molecular weight is 386 g/mol. The fourth-order valence-electron chi connectivity index (χ4n) is 6.08. The Morgan fingerprint density at radius 3 is 2.18 bits per heavy atom. The molecule has 1 aromatic rings. The largest absolute Gasteiger partial charge is 0.452 e. The van der Waals surface area contributed by atoms with Gasteiger partial charge in [0.15, 0.2) is 6.61 Å². The third-order valence-corrected chi connectivity index (χ3v) is 7.03. The number of hydrogen-bond donors (Lipinski definition) is 1. The van der Waals surface area contributed by atoms with E-state index in [1.165, 1.54) is 62.8 Å². The van der Waals surface area contributed by atoms with Gasteiger partial charge in [-0.25, -0.2) is 4.79 Å². The fourth-order valence-corrected chi connectivity index (χ4v) is 6.08. The summed E-state index contributed by atoms with van der Waals surface area (Å²) in [7, 11) is 0. The predicted molar refractivity (Wildman–Crippen MR) is 102 cm³/mol. The molecule has 4 fully saturated rings. The molecular weight excluding hydrogens is 360 g/mol. The first-order valence-corrected chi connectivity index (χ1v) is 10.1. The Bertz CT molecular complexity index is 753. The predicted octanol–water partition coefficient (Wildman–Crippen LogP) is 3.47. The van der Waals surface area contributed by atoms with E-state index in [-0.39, 0.29) is 35.2 Å². The Morgan fingerprint density at radius 2 is 1.68 bits per heavy atom. The van der Waals surface area contributed by atoms with Crippen LogP contribution >= 0.6 is 0 Å². The molecule has 28 heavy (non-hydrogen) atoms. The lowest BCUT2D eigenvalue weighted by atomic mass is 9.48. The van der Waals surface area contributed by atoms with Crippen LogP contribution in [0.2, 0.25) is 0 Å². The SMILES string of the molecule is C[C@@H](NC(=O)COC(=O)c1ccc([N+](=O)[O-])cc1)C12CC3CC(CC(C3)C1)C2. The van der Waals surface area contributed by atoms with E-state index in [0.29, 0.717) is 0 Å². The molecule has 0 heterocycles. The van der Waals surface area contributed by atoms with Crippen molar-refractivity contribution in [1.29, 1.82) is 0 Å². The maximum Gasteiger partial charge on any atom is 0.338 e. The summed E-state index contributed by atoms with van der Waals surface area (Å²) in [6.07, 6.45) is 7.65. The van der Waals surface area contributed by atoms with Crippen LogP contribution in [0.1, 0.15) is 55.8 Å². The second-order valence-electron chi connectivity index (χ2n) is 8.95. The van der Waals surface area contributed by atoms with Gasteiger partial charge in [0.1, 0.15) is 0 Å². The van der Waals surface area contributed by atoms with E-state index in [0.717, 1.165) is 17.8 Å². The average Bonchev–Trinajstić information content (AvgIpc) is 2.65. The molecule has 0 aliphatic heterocycles. The number of carbonyl (C=O) groups excluding carboxylic acids is 2. The van der Waals surface area contributed by atoms with Crippen molar-refractivity contribution in [2.24, 2.45) is 23.2 Å². The number of esters is 1. The highest BCUT2D eigenvalue weighted by Crippen LogP contribution is 2.61. The lowest BCUT2D eigenvalue weighted by Gasteiger charge is -2.59. The van der Waals surface area contributed by atoms with Crippen LogP contribution < -0.4 is 5.32 Å². The number of amides is 1. The molecule has 4 saturated carbocycles.